The number of hydrogen-bond acceptors (Lipinski definition) is 2. The largest absolute Gasteiger partial charge is 0.491 e. The Hall–Kier alpha value is -0.110. The van der Waals surface area contributed by atoms with E-state index in [4.69, 9.17) is 4.74 Å². The van der Waals surface area contributed by atoms with E-state index < -0.39 is 0 Å². The van der Waals surface area contributed by atoms with Crippen LogP contribution in [0.4, 0.5) is 0 Å². The zero-order valence-corrected chi connectivity index (χ0v) is 7.34. The molecule has 0 radical (unpaired) electrons. The van der Waals surface area contributed by atoms with Gasteiger partial charge < -0.3 is 4.74 Å². The van der Waals surface area contributed by atoms with Gasteiger partial charge in [-0.1, -0.05) is 32.5 Å². The molecule has 0 aliphatic carbocycles. The fraction of sp³-hybridized carbons (Fsp3) is 0.714. The zero-order chi connectivity index (χ0) is 7.49. The molecular formula is C7H14OS. The molecule has 0 fully saturated rings. The van der Waals surface area contributed by atoms with Gasteiger partial charge in [0.2, 0.25) is 0 Å². The Morgan fingerprint density at radius 3 is 2.00 bits per heavy atom. The maximum Gasteiger partial charge on any atom is 0.146 e. The van der Waals surface area contributed by atoms with Gasteiger partial charge in [-0.15, -0.1) is 0 Å². The Morgan fingerprint density at radius 1 is 1.44 bits per heavy atom. The Kier molecular flexibility index (Phi) is 3.12. The number of rotatable bonds is 2. The lowest BCUT2D eigenvalue weighted by Crippen LogP contribution is -2.07. The summed E-state index contributed by atoms with van der Waals surface area (Å²) >= 11 is 1.64. The summed E-state index contributed by atoms with van der Waals surface area (Å²) in [6.07, 6.45) is 0. The van der Waals surface area contributed by atoms with Gasteiger partial charge in [0.1, 0.15) is 5.09 Å². The highest BCUT2D eigenvalue weighted by molar-refractivity contribution is 8.04. The van der Waals surface area contributed by atoms with Crippen molar-refractivity contribution >= 4 is 11.8 Å². The summed E-state index contributed by atoms with van der Waals surface area (Å²) in [4.78, 5) is 0. The van der Waals surface area contributed by atoms with Gasteiger partial charge in [0.25, 0.3) is 0 Å². The lowest BCUT2D eigenvalue weighted by Gasteiger charge is -2.17. The maximum atomic E-state index is 4.89. The summed E-state index contributed by atoms with van der Waals surface area (Å²) in [5, 5.41) is 0.780. The lowest BCUT2D eigenvalue weighted by atomic mass is 10.3. The number of methoxy groups -OCH3 is 1. The fourth-order valence-electron chi connectivity index (χ4n) is 0.383. The molecule has 0 heterocycles. The highest BCUT2D eigenvalue weighted by Crippen LogP contribution is 2.29. The molecule has 9 heavy (non-hydrogen) atoms. The quantitative estimate of drug-likeness (QED) is 0.554. The van der Waals surface area contributed by atoms with Gasteiger partial charge in [-0.3, -0.25) is 0 Å². The predicted molar refractivity (Wildman–Crippen MR) is 43.5 cm³/mol. The number of thioether (sulfide) groups is 1. The third kappa shape index (κ3) is 5.77. The molecule has 0 N–H and O–H groups in total. The van der Waals surface area contributed by atoms with Crippen molar-refractivity contribution in [1.29, 1.82) is 0 Å². The summed E-state index contributed by atoms with van der Waals surface area (Å²) in [6.45, 7) is 10.1. The van der Waals surface area contributed by atoms with Crippen molar-refractivity contribution in [2.75, 3.05) is 7.11 Å². The smallest absolute Gasteiger partial charge is 0.146 e. The summed E-state index contributed by atoms with van der Waals surface area (Å²) in [5.41, 5.74) is 0. The summed E-state index contributed by atoms with van der Waals surface area (Å²) in [6, 6.07) is 0. The third-order valence-electron chi connectivity index (χ3n) is 0.648. The molecule has 54 valence electrons. The van der Waals surface area contributed by atoms with Gasteiger partial charge in [0.05, 0.1) is 7.11 Å². The number of hydrogen-bond donors (Lipinski definition) is 0. The molecule has 0 aromatic heterocycles. The van der Waals surface area contributed by atoms with E-state index in [9.17, 15) is 0 Å². The van der Waals surface area contributed by atoms with Crippen LogP contribution in [0, 0.1) is 0 Å². The van der Waals surface area contributed by atoms with Crippen LogP contribution in [0.2, 0.25) is 0 Å². The average Bonchev–Trinajstić information content (AvgIpc) is 1.62. The van der Waals surface area contributed by atoms with Gasteiger partial charge >= 0.3 is 0 Å². The van der Waals surface area contributed by atoms with E-state index in [1.165, 1.54) is 0 Å². The van der Waals surface area contributed by atoms with E-state index in [1.807, 2.05) is 0 Å². The second-order valence-corrected chi connectivity index (χ2v) is 4.67. The van der Waals surface area contributed by atoms with Gasteiger partial charge in [-0.25, -0.2) is 0 Å². The van der Waals surface area contributed by atoms with Crippen molar-refractivity contribution in [3.05, 3.63) is 11.7 Å². The van der Waals surface area contributed by atoms with Crippen molar-refractivity contribution < 1.29 is 4.74 Å². The molecule has 0 unspecified atom stereocenters. The number of ether oxygens (including phenoxy) is 1. The van der Waals surface area contributed by atoms with Crippen LogP contribution in [-0.4, -0.2) is 11.9 Å². The normalized spacial score (nSPS) is 11.1. The molecule has 0 bridgehead atoms. The highest BCUT2D eigenvalue weighted by atomic mass is 32.2. The Bertz CT molecular complexity index is 102. The Morgan fingerprint density at radius 2 is 1.89 bits per heavy atom. The molecule has 0 amide bonds. The van der Waals surface area contributed by atoms with Crippen LogP contribution >= 0.6 is 11.8 Å². The summed E-state index contributed by atoms with van der Waals surface area (Å²) < 4.78 is 5.11. The fourth-order valence-corrected chi connectivity index (χ4v) is 1.15. The first-order valence-electron chi connectivity index (χ1n) is 2.87. The van der Waals surface area contributed by atoms with E-state index in [1.54, 1.807) is 18.9 Å². The van der Waals surface area contributed by atoms with E-state index in [0.29, 0.717) is 0 Å². The molecule has 0 aromatic carbocycles. The van der Waals surface area contributed by atoms with Gasteiger partial charge in [0.15, 0.2) is 0 Å². The minimum atomic E-state index is 0.215. The first-order chi connectivity index (χ1) is 3.95. The SMILES string of the molecule is C=C(OC)SC(C)(C)C. The van der Waals surface area contributed by atoms with Gasteiger partial charge in [-0.2, -0.15) is 0 Å². The first kappa shape index (κ1) is 8.89. The minimum absolute atomic E-state index is 0.215. The van der Waals surface area contributed by atoms with Gasteiger partial charge in [0, 0.05) is 4.75 Å². The van der Waals surface area contributed by atoms with Crippen molar-refractivity contribution in [2.45, 2.75) is 25.5 Å². The second kappa shape index (κ2) is 3.16. The topological polar surface area (TPSA) is 9.23 Å². The summed E-state index contributed by atoms with van der Waals surface area (Å²) in [7, 11) is 1.64. The molecule has 0 rings (SSSR count). The molecule has 0 spiro atoms. The van der Waals surface area contributed by atoms with Crippen molar-refractivity contribution in [3.63, 3.8) is 0 Å². The third-order valence-corrected chi connectivity index (χ3v) is 1.65. The molecule has 0 aliphatic heterocycles. The lowest BCUT2D eigenvalue weighted by molar-refractivity contribution is 0.325. The van der Waals surface area contributed by atoms with Gasteiger partial charge in [-0.05, 0) is 6.58 Å². The Balaban J connectivity index is 3.60. The molecule has 0 saturated heterocycles. The van der Waals surface area contributed by atoms with E-state index in [2.05, 4.69) is 27.4 Å². The molecule has 0 aromatic rings. The maximum absolute atomic E-state index is 4.89. The van der Waals surface area contributed by atoms with Crippen LogP contribution in [0.5, 0.6) is 0 Å². The first-order valence-corrected chi connectivity index (χ1v) is 3.69. The van der Waals surface area contributed by atoms with Crippen molar-refractivity contribution in [2.24, 2.45) is 0 Å². The van der Waals surface area contributed by atoms with E-state index in [0.717, 1.165) is 5.09 Å². The van der Waals surface area contributed by atoms with Crippen LogP contribution in [0.1, 0.15) is 20.8 Å². The van der Waals surface area contributed by atoms with E-state index in [-0.39, 0.29) is 4.75 Å². The highest BCUT2D eigenvalue weighted by Gasteiger charge is 2.12. The van der Waals surface area contributed by atoms with Crippen molar-refractivity contribution in [1.82, 2.24) is 0 Å². The van der Waals surface area contributed by atoms with Crippen molar-refractivity contribution in [3.8, 4) is 0 Å². The molecule has 2 heteroatoms. The zero-order valence-electron chi connectivity index (χ0n) is 6.52. The molecule has 1 nitrogen and oxygen atoms in total. The molecular weight excluding hydrogens is 132 g/mol. The van der Waals surface area contributed by atoms with Crippen LogP contribution in [0.3, 0.4) is 0 Å². The Labute approximate surface area is 61.5 Å². The monoisotopic (exact) mass is 146 g/mol. The summed E-state index contributed by atoms with van der Waals surface area (Å²) in [5.74, 6) is 0. The van der Waals surface area contributed by atoms with E-state index >= 15 is 0 Å². The predicted octanol–water partition coefficient (Wildman–Crippen LogP) is 2.64. The molecule has 0 aliphatic rings. The second-order valence-electron chi connectivity index (χ2n) is 2.79. The average molecular weight is 146 g/mol. The standard InChI is InChI=1S/C7H14OS/c1-6(8-5)9-7(2,3)4/h1H2,2-5H3. The molecule has 0 saturated carbocycles. The van der Waals surface area contributed by atoms with Crippen LogP contribution in [0.25, 0.3) is 0 Å². The minimum Gasteiger partial charge on any atom is -0.491 e. The van der Waals surface area contributed by atoms with Crippen LogP contribution in [0.15, 0.2) is 11.7 Å². The van der Waals surface area contributed by atoms with Crippen LogP contribution in [-0.2, 0) is 4.74 Å². The molecule has 0 atom stereocenters. The van der Waals surface area contributed by atoms with Crippen LogP contribution < -0.4 is 0 Å².